The van der Waals surface area contributed by atoms with E-state index in [1.165, 1.54) is 11.1 Å². The number of fused-ring (bicyclic) bond motifs is 1. The van der Waals surface area contributed by atoms with Gasteiger partial charge in [-0.25, -0.2) is 4.98 Å². The Morgan fingerprint density at radius 3 is 2.48 bits per heavy atom. The first kappa shape index (κ1) is 14.1. The van der Waals surface area contributed by atoms with Gasteiger partial charge in [0.1, 0.15) is 16.6 Å². The van der Waals surface area contributed by atoms with Crippen LogP contribution in [0.3, 0.4) is 0 Å². The molecule has 0 N–H and O–H groups in total. The quantitative estimate of drug-likeness (QED) is 0.612. The van der Waals surface area contributed by atoms with Crippen molar-refractivity contribution in [2.45, 2.75) is 18.7 Å². The molecule has 0 saturated carbocycles. The molecule has 21 heavy (non-hydrogen) atoms. The van der Waals surface area contributed by atoms with Crippen LogP contribution >= 0.6 is 23.1 Å². The number of hydrogen-bond acceptors (Lipinski definition) is 4. The Kier molecular flexibility index (Phi) is 3.71. The lowest BCUT2D eigenvalue weighted by Gasteiger charge is -2.09. The van der Waals surface area contributed by atoms with Crippen LogP contribution in [0.5, 0.6) is 0 Å². The Morgan fingerprint density at radius 2 is 1.86 bits per heavy atom. The maximum Gasteiger partial charge on any atom is 0.124 e. The van der Waals surface area contributed by atoms with Crippen LogP contribution in [0.4, 0.5) is 0 Å². The van der Waals surface area contributed by atoms with Gasteiger partial charge in [0.2, 0.25) is 0 Å². The summed E-state index contributed by atoms with van der Waals surface area (Å²) in [6.07, 6.45) is 2.01. The third kappa shape index (κ3) is 2.23. The zero-order valence-corrected chi connectivity index (χ0v) is 13.7. The highest BCUT2D eigenvalue weighted by Gasteiger charge is 2.18. The van der Waals surface area contributed by atoms with E-state index < -0.39 is 0 Å². The molecule has 2 aromatic carbocycles. The van der Waals surface area contributed by atoms with Crippen molar-refractivity contribution in [1.29, 1.82) is 5.26 Å². The SMILES string of the molecule is CSc1c(C)c(C)c2sc(-c3ccccc3)nc2c1C#N. The van der Waals surface area contributed by atoms with E-state index in [2.05, 4.69) is 32.0 Å². The van der Waals surface area contributed by atoms with Crippen molar-refractivity contribution in [3.63, 3.8) is 0 Å². The molecule has 0 aliphatic rings. The number of benzene rings is 2. The number of rotatable bonds is 2. The molecule has 1 heterocycles. The summed E-state index contributed by atoms with van der Waals surface area (Å²) >= 11 is 3.29. The molecule has 4 heteroatoms. The first-order valence-corrected chi connectivity index (χ1v) is 8.64. The second kappa shape index (κ2) is 5.51. The van der Waals surface area contributed by atoms with Crippen molar-refractivity contribution in [3.8, 4) is 16.6 Å². The first-order chi connectivity index (χ1) is 10.2. The van der Waals surface area contributed by atoms with E-state index in [1.54, 1.807) is 23.1 Å². The molecule has 0 aliphatic carbocycles. The van der Waals surface area contributed by atoms with E-state index in [9.17, 15) is 5.26 Å². The van der Waals surface area contributed by atoms with Crippen molar-refractivity contribution < 1.29 is 0 Å². The molecule has 3 aromatic rings. The molecular formula is C17H14N2S2. The van der Waals surface area contributed by atoms with Gasteiger partial charge in [-0.15, -0.1) is 23.1 Å². The minimum Gasteiger partial charge on any atom is -0.235 e. The number of nitrogens with zero attached hydrogens (tertiary/aromatic N) is 2. The van der Waals surface area contributed by atoms with Crippen LogP contribution in [0.25, 0.3) is 20.8 Å². The van der Waals surface area contributed by atoms with Crippen molar-refractivity contribution in [2.75, 3.05) is 6.26 Å². The fraction of sp³-hybridized carbons (Fsp3) is 0.176. The van der Waals surface area contributed by atoms with Gasteiger partial charge >= 0.3 is 0 Å². The van der Waals surface area contributed by atoms with Gasteiger partial charge in [0.15, 0.2) is 0 Å². The summed E-state index contributed by atoms with van der Waals surface area (Å²) in [5.74, 6) is 0. The Bertz CT molecular complexity index is 858. The van der Waals surface area contributed by atoms with Crippen LogP contribution in [-0.2, 0) is 0 Å². The standard InChI is InChI=1S/C17H14N2S2/c1-10-11(2)16-14(13(9-18)15(10)20-3)19-17(21-16)12-7-5-4-6-8-12/h4-8H,1-3H3. The van der Waals surface area contributed by atoms with E-state index in [0.29, 0.717) is 5.56 Å². The van der Waals surface area contributed by atoms with E-state index >= 15 is 0 Å². The average molecular weight is 310 g/mol. The summed E-state index contributed by atoms with van der Waals surface area (Å²) in [4.78, 5) is 5.80. The van der Waals surface area contributed by atoms with Gasteiger partial charge in [-0.3, -0.25) is 0 Å². The van der Waals surface area contributed by atoms with Crippen LogP contribution < -0.4 is 0 Å². The van der Waals surface area contributed by atoms with Gasteiger partial charge in [0.25, 0.3) is 0 Å². The third-order valence-corrected chi connectivity index (χ3v) is 5.81. The largest absolute Gasteiger partial charge is 0.235 e. The summed E-state index contributed by atoms with van der Waals surface area (Å²) in [5.41, 5.74) is 5.07. The van der Waals surface area contributed by atoms with Gasteiger partial charge in [0, 0.05) is 10.5 Å². The highest BCUT2D eigenvalue weighted by molar-refractivity contribution is 7.98. The number of thioether (sulfide) groups is 1. The molecule has 0 bridgehead atoms. The Morgan fingerprint density at radius 1 is 1.14 bits per heavy atom. The molecule has 2 nitrogen and oxygen atoms in total. The average Bonchev–Trinajstić information content (AvgIpc) is 2.96. The predicted octanol–water partition coefficient (Wildman–Crippen LogP) is 5.17. The molecule has 104 valence electrons. The summed E-state index contributed by atoms with van der Waals surface area (Å²) in [6.45, 7) is 4.20. The minimum absolute atomic E-state index is 0.707. The van der Waals surface area contributed by atoms with E-state index in [-0.39, 0.29) is 0 Å². The Hall–Kier alpha value is -1.83. The molecule has 0 spiro atoms. The summed E-state index contributed by atoms with van der Waals surface area (Å²) in [7, 11) is 0. The molecule has 3 rings (SSSR count). The van der Waals surface area contributed by atoms with E-state index in [0.717, 1.165) is 25.7 Å². The zero-order chi connectivity index (χ0) is 15.0. The molecule has 0 aliphatic heterocycles. The Labute approximate surface area is 132 Å². The number of aromatic nitrogens is 1. The molecular weight excluding hydrogens is 296 g/mol. The lowest BCUT2D eigenvalue weighted by atomic mass is 10.1. The van der Waals surface area contributed by atoms with Gasteiger partial charge in [-0.2, -0.15) is 5.26 Å². The van der Waals surface area contributed by atoms with Gasteiger partial charge < -0.3 is 0 Å². The van der Waals surface area contributed by atoms with Crippen LogP contribution in [0.1, 0.15) is 16.7 Å². The number of aryl methyl sites for hydroxylation is 1. The van der Waals surface area contributed by atoms with Gasteiger partial charge in [-0.1, -0.05) is 30.3 Å². The lowest BCUT2D eigenvalue weighted by Crippen LogP contribution is -1.92. The van der Waals surface area contributed by atoms with Crippen molar-refractivity contribution >= 4 is 33.3 Å². The normalized spacial score (nSPS) is 10.8. The van der Waals surface area contributed by atoms with E-state index in [1.807, 2.05) is 24.5 Å². The van der Waals surface area contributed by atoms with Gasteiger partial charge in [0.05, 0.1) is 10.3 Å². The fourth-order valence-corrected chi connectivity index (χ4v) is 4.38. The maximum atomic E-state index is 9.54. The molecule has 0 radical (unpaired) electrons. The second-order valence-electron chi connectivity index (χ2n) is 4.83. The first-order valence-electron chi connectivity index (χ1n) is 6.60. The van der Waals surface area contributed by atoms with Crippen LogP contribution in [0.15, 0.2) is 35.2 Å². The molecule has 0 unspecified atom stereocenters. The zero-order valence-electron chi connectivity index (χ0n) is 12.1. The second-order valence-corrected chi connectivity index (χ2v) is 6.65. The topological polar surface area (TPSA) is 36.7 Å². The third-order valence-electron chi connectivity index (χ3n) is 3.67. The smallest absolute Gasteiger partial charge is 0.124 e. The van der Waals surface area contributed by atoms with Crippen LogP contribution in [0, 0.1) is 25.2 Å². The highest BCUT2D eigenvalue weighted by atomic mass is 32.2. The minimum atomic E-state index is 0.707. The van der Waals surface area contributed by atoms with Gasteiger partial charge in [-0.05, 0) is 31.2 Å². The predicted molar refractivity (Wildman–Crippen MR) is 91.0 cm³/mol. The maximum absolute atomic E-state index is 9.54. The molecule has 0 amide bonds. The van der Waals surface area contributed by atoms with Crippen molar-refractivity contribution in [2.24, 2.45) is 0 Å². The van der Waals surface area contributed by atoms with Crippen molar-refractivity contribution in [1.82, 2.24) is 4.98 Å². The summed E-state index contributed by atoms with van der Waals surface area (Å²) < 4.78 is 1.13. The summed E-state index contributed by atoms with van der Waals surface area (Å²) in [6, 6.07) is 12.5. The van der Waals surface area contributed by atoms with Crippen LogP contribution in [-0.4, -0.2) is 11.2 Å². The molecule has 1 aromatic heterocycles. The lowest BCUT2D eigenvalue weighted by molar-refractivity contribution is 1.23. The monoisotopic (exact) mass is 310 g/mol. The fourth-order valence-electron chi connectivity index (χ4n) is 2.44. The molecule has 0 saturated heterocycles. The number of thiazole rings is 1. The molecule has 0 atom stereocenters. The van der Waals surface area contributed by atoms with Crippen molar-refractivity contribution in [3.05, 3.63) is 47.0 Å². The number of hydrogen-bond donors (Lipinski definition) is 0. The number of nitriles is 1. The highest BCUT2D eigenvalue weighted by Crippen LogP contribution is 2.39. The summed E-state index contributed by atoms with van der Waals surface area (Å²) in [5, 5.41) is 10.5. The molecule has 0 fully saturated rings. The van der Waals surface area contributed by atoms with Crippen LogP contribution in [0.2, 0.25) is 0 Å². The van der Waals surface area contributed by atoms with E-state index in [4.69, 9.17) is 4.98 Å². The Balaban J connectivity index is 2.37.